The van der Waals surface area contributed by atoms with Crippen LogP contribution in [-0.4, -0.2) is 18.1 Å². The van der Waals surface area contributed by atoms with Crippen molar-refractivity contribution in [1.82, 2.24) is 4.98 Å². The number of nitrogens with zero attached hydrogens (tertiary/aromatic N) is 1. The van der Waals surface area contributed by atoms with Gasteiger partial charge in [0.2, 0.25) is 0 Å². The molecule has 0 aromatic carbocycles. The van der Waals surface area contributed by atoms with E-state index in [1.165, 1.54) is 25.7 Å². The van der Waals surface area contributed by atoms with Gasteiger partial charge in [-0.3, -0.25) is 0 Å². The Morgan fingerprint density at radius 1 is 1.28 bits per heavy atom. The fraction of sp³-hybridized carbons (Fsp3) is 0.667. The average molecular weight is 250 g/mol. The van der Waals surface area contributed by atoms with Crippen molar-refractivity contribution in [3.8, 4) is 0 Å². The molecule has 0 saturated carbocycles. The molecule has 0 fully saturated rings. The van der Waals surface area contributed by atoms with Crippen LogP contribution >= 0.6 is 0 Å². The van der Waals surface area contributed by atoms with Gasteiger partial charge in [0.15, 0.2) is 0 Å². The zero-order valence-corrected chi connectivity index (χ0v) is 11.9. The topological polar surface area (TPSA) is 34.1 Å². The smallest absolute Gasteiger partial charge is 0.125 e. The maximum atomic E-state index is 5.82. The zero-order valence-electron chi connectivity index (χ0n) is 11.9. The second-order valence-electron chi connectivity index (χ2n) is 4.77. The summed E-state index contributed by atoms with van der Waals surface area (Å²) in [6.45, 7) is 5.05. The van der Waals surface area contributed by atoms with E-state index in [0.29, 0.717) is 12.7 Å². The van der Waals surface area contributed by atoms with Gasteiger partial charge in [-0.15, -0.1) is 0 Å². The van der Waals surface area contributed by atoms with Crippen LogP contribution in [0.3, 0.4) is 0 Å². The number of anilines is 1. The molecule has 0 aliphatic heterocycles. The molecule has 1 aromatic heterocycles. The Morgan fingerprint density at radius 3 is 2.72 bits per heavy atom. The molecule has 0 aliphatic carbocycles. The van der Waals surface area contributed by atoms with Crippen LogP contribution in [0, 0.1) is 0 Å². The zero-order chi connectivity index (χ0) is 13.2. The quantitative estimate of drug-likeness (QED) is 0.673. The van der Waals surface area contributed by atoms with Crippen molar-refractivity contribution in [2.75, 3.05) is 12.4 Å². The van der Waals surface area contributed by atoms with E-state index in [1.807, 2.05) is 19.3 Å². The number of hydrogen-bond donors (Lipinski definition) is 1. The first kappa shape index (κ1) is 15.0. The predicted molar refractivity (Wildman–Crippen MR) is 76.8 cm³/mol. The lowest BCUT2D eigenvalue weighted by Crippen LogP contribution is -2.08. The van der Waals surface area contributed by atoms with Crippen molar-refractivity contribution in [1.29, 1.82) is 0 Å². The summed E-state index contributed by atoms with van der Waals surface area (Å²) in [6.07, 6.45) is 8.58. The van der Waals surface area contributed by atoms with E-state index in [9.17, 15) is 0 Å². The van der Waals surface area contributed by atoms with E-state index in [-0.39, 0.29) is 0 Å². The molecule has 1 unspecified atom stereocenters. The molecule has 0 aliphatic rings. The third kappa shape index (κ3) is 6.01. The van der Waals surface area contributed by atoms with Crippen LogP contribution in [0.2, 0.25) is 0 Å². The highest BCUT2D eigenvalue weighted by Gasteiger charge is 2.03. The fourth-order valence-corrected chi connectivity index (χ4v) is 1.84. The Morgan fingerprint density at radius 2 is 2.11 bits per heavy atom. The van der Waals surface area contributed by atoms with E-state index in [4.69, 9.17) is 4.74 Å². The Kier molecular flexibility index (Phi) is 7.42. The predicted octanol–water partition coefficient (Wildman–Crippen LogP) is 4.00. The van der Waals surface area contributed by atoms with E-state index in [0.717, 1.165) is 17.8 Å². The third-order valence-corrected chi connectivity index (χ3v) is 3.08. The van der Waals surface area contributed by atoms with Gasteiger partial charge in [-0.05, 0) is 25.0 Å². The molecule has 18 heavy (non-hydrogen) atoms. The highest BCUT2D eigenvalue weighted by atomic mass is 16.5. The molecular weight excluding hydrogens is 224 g/mol. The van der Waals surface area contributed by atoms with Gasteiger partial charge >= 0.3 is 0 Å². The molecular formula is C15H26N2O. The maximum absolute atomic E-state index is 5.82. The first-order chi connectivity index (χ1) is 8.76. The highest BCUT2D eigenvalue weighted by molar-refractivity contribution is 5.34. The molecule has 1 heterocycles. The van der Waals surface area contributed by atoms with Gasteiger partial charge < -0.3 is 10.1 Å². The van der Waals surface area contributed by atoms with Crippen molar-refractivity contribution in [3.05, 3.63) is 23.9 Å². The minimum Gasteiger partial charge on any atom is -0.374 e. The number of ether oxygens (including phenoxy) is 1. The molecule has 1 aromatic rings. The molecule has 1 rings (SSSR count). The number of aromatic nitrogens is 1. The molecule has 1 atom stereocenters. The molecule has 102 valence electrons. The van der Waals surface area contributed by atoms with Gasteiger partial charge in [-0.2, -0.15) is 0 Å². The van der Waals surface area contributed by atoms with Gasteiger partial charge in [0.1, 0.15) is 5.82 Å². The number of nitrogens with one attached hydrogen (secondary N) is 1. The first-order valence-electron chi connectivity index (χ1n) is 7.00. The van der Waals surface area contributed by atoms with Crippen LogP contribution in [0.5, 0.6) is 0 Å². The Bertz CT molecular complexity index is 311. The van der Waals surface area contributed by atoms with Gasteiger partial charge in [0.25, 0.3) is 0 Å². The Labute approximate surface area is 111 Å². The lowest BCUT2D eigenvalue weighted by molar-refractivity contribution is 0.0457. The van der Waals surface area contributed by atoms with Gasteiger partial charge in [-0.1, -0.05) is 38.7 Å². The second kappa shape index (κ2) is 8.92. The SMILES string of the molecule is CCCCCCC(C)OCc1ccc(NC)nc1. The van der Waals surface area contributed by atoms with Crippen molar-refractivity contribution in [2.24, 2.45) is 0 Å². The summed E-state index contributed by atoms with van der Waals surface area (Å²) in [7, 11) is 1.87. The average Bonchev–Trinajstić information content (AvgIpc) is 2.42. The number of unbranched alkanes of at least 4 members (excludes halogenated alkanes) is 3. The van der Waals surface area contributed by atoms with Crippen LogP contribution in [0.4, 0.5) is 5.82 Å². The third-order valence-electron chi connectivity index (χ3n) is 3.08. The van der Waals surface area contributed by atoms with Crippen LogP contribution in [-0.2, 0) is 11.3 Å². The standard InChI is InChI=1S/C15H26N2O/c1-4-5-6-7-8-13(2)18-12-14-9-10-15(16-3)17-11-14/h9-11,13H,4-8,12H2,1-3H3,(H,16,17). The molecule has 1 N–H and O–H groups in total. The van der Waals surface area contributed by atoms with Crippen molar-refractivity contribution >= 4 is 5.82 Å². The molecule has 0 radical (unpaired) electrons. The van der Waals surface area contributed by atoms with E-state index in [1.54, 1.807) is 0 Å². The van der Waals surface area contributed by atoms with E-state index in [2.05, 4.69) is 30.2 Å². The normalized spacial score (nSPS) is 12.4. The summed E-state index contributed by atoms with van der Waals surface area (Å²) in [5.74, 6) is 0.895. The number of rotatable bonds is 9. The summed E-state index contributed by atoms with van der Waals surface area (Å²) < 4.78 is 5.82. The van der Waals surface area contributed by atoms with Crippen LogP contribution in [0.25, 0.3) is 0 Å². The van der Waals surface area contributed by atoms with Crippen LogP contribution < -0.4 is 5.32 Å². The van der Waals surface area contributed by atoms with Gasteiger partial charge in [-0.25, -0.2) is 4.98 Å². The summed E-state index contributed by atoms with van der Waals surface area (Å²) in [5, 5.41) is 3.01. The van der Waals surface area contributed by atoms with Crippen molar-refractivity contribution in [2.45, 2.75) is 58.7 Å². The van der Waals surface area contributed by atoms with E-state index < -0.39 is 0 Å². The molecule has 0 saturated heterocycles. The Balaban J connectivity index is 2.18. The molecule has 0 amide bonds. The van der Waals surface area contributed by atoms with Gasteiger partial charge in [0.05, 0.1) is 12.7 Å². The summed E-state index contributed by atoms with van der Waals surface area (Å²) in [4.78, 5) is 4.27. The lowest BCUT2D eigenvalue weighted by Gasteiger charge is -2.13. The number of pyridine rings is 1. The Hall–Kier alpha value is -1.09. The van der Waals surface area contributed by atoms with Crippen molar-refractivity contribution in [3.63, 3.8) is 0 Å². The minimum absolute atomic E-state index is 0.339. The summed E-state index contributed by atoms with van der Waals surface area (Å²) in [5.41, 5.74) is 1.13. The fourth-order valence-electron chi connectivity index (χ4n) is 1.84. The molecule has 3 nitrogen and oxygen atoms in total. The van der Waals surface area contributed by atoms with Crippen LogP contribution in [0.1, 0.15) is 51.5 Å². The lowest BCUT2D eigenvalue weighted by atomic mass is 10.1. The first-order valence-corrected chi connectivity index (χ1v) is 7.00. The monoisotopic (exact) mass is 250 g/mol. The highest BCUT2D eigenvalue weighted by Crippen LogP contribution is 2.11. The van der Waals surface area contributed by atoms with E-state index >= 15 is 0 Å². The second-order valence-corrected chi connectivity index (χ2v) is 4.77. The van der Waals surface area contributed by atoms with Gasteiger partial charge in [0, 0.05) is 13.2 Å². The maximum Gasteiger partial charge on any atom is 0.125 e. The summed E-state index contributed by atoms with van der Waals surface area (Å²) >= 11 is 0. The summed E-state index contributed by atoms with van der Waals surface area (Å²) in [6, 6.07) is 4.03. The number of hydrogen-bond acceptors (Lipinski definition) is 3. The van der Waals surface area contributed by atoms with Crippen LogP contribution in [0.15, 0.2) is 18.3 Å². The molecule has 0 bridgehead atoms. The van der Waals surface area contributed by atoms with Crippen molar-refractivity contribution < 1.29 is 4.74 Å². The largest absolute Gasteiger partial charge is 0.374 e. The molecule has 3 heteroatoms. The molecule has 0 spiro atoms. The minimum atomic E-state index is 0.339.